The fourth-order valence-electron chi connectivity index (χ4n) is 3.94. The third kappa shape index (κ3) is 4.53. The summed E-state index contributed by atoms with van der Waals surface area (Å²) in [6.07, 6.45) is 1.02. The van der Waals surface area contributed by atoms with Gasteiger partial charge in [0.05, 0.1) is 22.9 Å². The second kappa shape index (κ2) is 8.71. The van der Waals surface area contributed by atoms with Gasteiger partial charge in [-0.25, -0.2) is 8.42 Å². The molecule has 11 nitrogen and oxygen atoms in total. The molecule has 2 aliphatic rings. The van der Waals surface area contributed by atoms with Crippen LogP contribution < -0.4 is 15.4 Å². The van der Waals surface area contributed by atoms with Gasteiger partial charge in [-0.05, 0) is 36.2 Å². The summed E-state index contributed by atoms with van der Waals surface area (Å²) < 4.78 is 25.2. The number of carbonyl (C=O) groups excluding carboxylic acids is 5. The Balaban J connectivity index is 1.54. The lowest BCUT2D eigenvalue weighted by Gasteiger charge is -2.27. The van der Waals surface area contributed by atoms with Crippen LogP contribution in [0.15, 0.2) is 42.5 Å². The van der Waals surface area contributed by atoms with Crippen molar-refractivity contribution in [2.45, 2.75) is 25.4 Å². The van der Waals surface area contributed by atoms with Crippen molar-refractivity contribution < 1.29 is 32.4 Å². The Labute approximate surface area is 194 Å². The van der Waals surface area contributed by atoms with Crippen LogP contribution in [-0.2, 0) is 26.2 Å². The fraction of sp³-hybridized carbons (Fsp3) is 0.227. The Bertz CT molecular complexity index is 1350. The number of nitrogens with one attached hydrogen (secondary N) is 3. The van der Waals surface area contributed by atoms with Gasteiger partial charge in [0.25, 0.3) is 17.7 Å². The molecule has 2 heterocycles. The van der Waals surface area contributed by atoms with Crippen molar-refractivity contribution in [3.63, 3.8) is 0 Å². The van der Waals surface area contributed by atoms with E-state index in [2.05, 4.69) is 15.4 Å². The zero-order valence-electron chi connectivity index (χ0n) is 18.0. The molecule has 5 amide bonds. The van der Waals surface area contributed by atoms with Gasteiger partial charge in [0.1, 0.15) is 6.04 Å². The summed E-state index contributed by atoms with van der Waals surface area (Å²) in [5.41, 5.74) is 0.789. The Hall–Kier alpha value is -4.06. The van der Waals surface area contributed by atoms with Crippen LogP contribution in [0.2, 0.25) is 0 Å². The number of nitrogens with zero attached hydrogens (tertiary/aromatic N) is 1. The Morgan fingerprint density at radius 1 is 1.09 bits per heavy atom. The molecule has 12 heteroatoms. The molecule has 0 aliphatic carbocycles. The van der Waals surface area contributed by atoms with Gasteiger partial charge in [0.2, 0.25) is 21.8 Å². The van der Waals surface area contributed by atoms with Gasteiger partial charge in [-0.2, -0.15) is 0 Å². The van der Waals surface area contributed by atoms with Gasteiger partial charge in [0.15, 0.2) is 0 Å². The van der Waals surface area contributed by atoms with Crippen LogP contribution in [0.5, 0.6) is 0 Å². The van der Waals surface area contributed by atoms with E-state index in [0.29, 0.717) is 11.3 Å². The minimum atomic E-state index is -3.47. The molecule has 0 radical (unpaired) electrons. The van der Waals surface area contributed by atoms with E-state index in [1.165, 1.54) is 18.2 Å². The van der Waals surface area contributed by atoms with E-state index < -0.39 is 45.6 Å². The molecule has 0 bridgehead atoms. The number of hydrogen-bond donors (Lipinski definition) is 3. The summed E-state index contributed by atoms with van der Waals surface area (Å²) >= 11 is 0. The highest BCUT2D eigenvalue weighted by atomic mass is 32.2. The minimum Gasteiger partial charge on any atom is -0.348 e. The molecule has 1 saturated heterocycles. The number of hydrogen-bond acceptors (Lipinski definition) is 7. The highest BCUT2D eigenvalue weighted by molar-refractivity contribution is 7.92. The van der Waals surface area contributed by atoms with Crippen molar-refractivity contribution >= 4 is 45.2 Å². The summed E-state index contributed by atoms with van der Waals surface area (Å²) in [6, 6.07) is 9.54. The first-order valence-corrected chi connectivity index (χ1v) is 12.1. The van der Waals surface area contributed by atoms with Gasteiger partial charge in [-0.1, -0.05) is 18.2 Å². The topological polar surface area (TPSA) is 159 Å². The third-order valence-electron chi connectivity index (χ3n) is 5.40. The number of amides is 5. The number of anilines is 1. The monoisotopic (exact) mass is 484 g/mol. The predicted molar refractivity (Wildman–Crippen MR) is 119 cm³/mol. The Morgan fingerprint density at radius 2 is 1.82 bits per heavy atom. The van der Waals surface area contributed by atoms with E-state index in [1.54, 1.807) is 24.3 Å². The molecular formula is C22H20N4O7S. The van der Waals surface area contributed by atoms with Crippen LogP contribution in [0, 0.1) is 0 Å². The Kier molecular flexibility index (Phi) is 5.92. The number of benzene rings is 2. The molecule has 34 heavy (non-hydrogen) atoms. The van der Waals surface area contributed by atoms with Crippen LogP contribution in [-0.4, -0.2) is 55.2 Å². The van der Waals surface area contributed by atoms with E-state index in [9.17, 15) is 32.4 Å². The number of sulfonamides is 1. The normalized spacial score (nSPS) is 17.9. The second-order valence-electron chi connectivity index (χ2n) is 7.93. The SMILES string of the molecule is CS(=O)(=O)Nc1cccc(CNC(=O)c2cccc3c2C(=O)N(C2CCC(=O)NC2=O)C3=O)c1. The van der Waals surface area contributed by atoms with Crippen LogP contribution in [0.25, 0.3) is 0 Å². The van der Waals surface area contributed by atoms with Crippen LogP contribution in [0.4, 0.5) is 5.69 Å². The zero-order valence-corrected chi connectivity index (χ0v) is 18.8. The van der Waals surface area contributed by atoms with Gasteiger partial charge >= 0.3 is 0 Å². The first kappa shape index (κ1) is 23.1. The quantitative estimate of drug-likeness (QED) is 0.500. The number of fused-ring (bicyclic) bond motifs is 1. The van der Waals surface area contributed by atoms with E-state index in [0.717, 1.165) is 11.2 Å². The third-order valence-corrected chi connectivity index (χ3v) is 6.00. The largest absolute Gasteiger partial charge is 0.348 e. The molecule has 2 aromatic rings. The molecule has 2 aliphatic heterocycles. The maximum absolute atomic E-state index is 13.1. The van der Waals surface area contributed by atoms with Crippen LogP contribution >= 0.6 is 0 Å². The highest BCUT2D eigenvalue weighted by Gasteiger charge is 2.46. The maximum atomic E-state index is 13.1. The van der Waals surface area contributed by atoms with Gasteiger partial charge in [-0.3, -0.25) is 38.9 Å². The van der Waals surface area contributed by atoms with Gasteiger partial charge < -0.3 is 5.32 Å². The predicted octanol–water partition coefficient (Wildman–Crippen LogP) is 0.389. The van der Waals surface area contributed by atoms with Gasteiger partial charge in [-0.15, -0.1) is 0 Å². The molecule has 2 aromatic carbocycles. The molecule has 1 unspecified atom stereocenters. The molecule has 0 saturated carbocycles. The lowest BCUT2D eigenvalue weighted by Crippen LogP contribution is -2.54. The number of imide groups is 2. The summed E-state index contributed by atoms with van der Waals surface area (Å²) in [4.78, 5) is 63.4. The molecule has 0 spiro atoms. The van der Waals surface area contributed by atoms with E-state index in [-0.39, 0.29) is 36.1 Å². The second-order valence-corrected chi connectivity index (χ2v) is 9.68. The van der Waals surface area contributed by atoms with Crippen LogP contribution in [0.3, 0.4) is 0 Å². The van der Waals surface area contributed by atoms with Crippen molar-refractivity contribution in [2.24, 2.45) is 0 Å². The van der Waals surface area contributed by atoms with Crippen molar-refractivity contribution in [2.75, 3.05) is 11.0 Å². The van der Waals surface area contributed by atoms with E-state index in [1.807, 2.05) is 0 Å². The maximum Gasteiger partial charge on any atom is 0.263 e. The molecule has 1 atom stereocenters. The van der Waals surface area contributed by atoms with Gasteiger partial charge in [0, 0.05) is 18.7 Å². The summed E-state index contributed by atoms with van der Waals surface area (Å²) in [5, 5.41) is 4.78. The molecule has 3 N–H and O–H groups in total. The molecule has 176 valence electrons. The standard InChI is InChI=1S/C22H20N4O7S/c1-34(32,33)25-13-5-2-4-12(10-13)11-23-19(28)14-6-3-7-15-18(14)22(31)26(21(15)30)16-8-9-17(27)24-20(16)29/h2-7,10,16,25H,8-9,11H2,1H3,(H,23,28)(H,24,27,29). The average molecular weight is 484 g/mol. The molecule has 4 rings (SSSR count). The minimum absolute atomic E-state index is 0.00157. The number of carbonyl (C=O) groups is 5. The first-order valence-electron chi connectivity index (χ1n) is 10.2. The smallest absolute Gasteiger partial charge is 0.263 e. The molecule has 0 aromatic heterocycles. The van der Waals surface area contributed by atoms with Crippen LogP contribution in [0.1, 0.15) is 49.5 Å². The molecule has 1 fully saturated rings. The van der Waals surface area contributed by atoms with Crippen molar-refractivity contribution in [3.8, 4) is 0 Å². The summed E-state index contributed by atoms with van der Waals surface area (Å²) in [6.45, 7) is 0.0285. The molecular weight excluding hydrogens is 464 g/mol. The fourth-order valence-corrected chi connectivity index (χ4v) is 4.50. The lowest BCUT2D eigenvalue weighted by atomic mass is 10.0. The highest BCUT2D eigenvalue weighted by Crippen LogP contribution is 2.30. The Morgan fingerprint density at radius 3 is 2.53 bits per heavy atom. The average Bonchev–Trinajstić information content (AvgIpc) is 3.02. The summed E-state index contributed by atoms with van der Waals surface area (Å²) in [5.74, 6) is -3.32. The van der Waals surface area contributed by atoms with Crippen molar-refractivity contribution in [1.29, 1.82) is 0 Å². The van der Waals surface area contributed by atoms with E-state index >= 15 is 0 Å². The number of rotatable bonds is 6. The van der Waals surface area contributed by atoms with Crippen molar-refractivity contribution in [1.82, 2.24) is 15.5 Å². The first-order chi connectivity index (χ1) is 16.0. The van der Waals surface area contributed by atoms with Crippen molar-refractivity contribution in [3.05, 3.63) is 64.7 Å². The van der Waals surface area contributed by atoms with E-state index in [4.69, 9.17) is 0 Å². The number of piperidine rings is 1. The lowest BCUT2D eigenvalue weighted by molar-refractivity contribution is -0.136. The zero-order chi connectivity index (χ0) is 24.6. The summed E-state index contributed by atoms with van der Waals surface area (Å²) in [7, 11) is -3.47.